The Bertz CT molecular complexity index is 682. The summed E-state index contributed by atoms with van der Waals surface area (Å²) < 4.78 is 0. The van der Waals surface area contributed by atoms with Crippen LogP contribution in [0, 0.1) is 23.7 Å². The summed E-state index contributed by atoms with van der Waals surface area (Å²) in [5.41, 5.74) is 2.28. The summed E-state index contributed by atoms with van der Waals surface area (Å²) in [6.07, 6.45) is 7.95. The highest BCUT2D eigenvalue weighted by Crippen LogP contribution is 2.59. The van der Waals surface area contributed by atoms with E-state index in [4.69, 9.17) is 0 Å². The fraction of sp³-hybridized carbons (Fsp3) is 0.619. The third kappa shape index (κ3) is 2.66. The van der Waals surface area contributed by atoms with Gasteiger partial charge in [-0.3, -0.25) is 14.9 Å². The fourth-order valence-electron chi connectivity index (χ4n) is 6.31. The lowest BCUT2D eigenvalue weighted by Gasteiger charge is -2.32. The number of carbonyl (C=O) groups is 2. The molecule has 3 aliphatic carbocycles. The second kappa shape index (κ2) is 5.86. The van der Waals surface area contributed by atoms with Crippen LogP contribution >= 0.6 is 0 Å². The maximum Gasteiger partial charge on any atom is 0.227 e. The lowest BCUT2D eigenvalue weighted by atomic mass is 9.79. The van der Waals surface area contributed by atoms with Crippen LogP contribution in [0.2, 0.25) is 0 Å². The smallest absolute Gasteiger partial charge is 0.227 e. The maximum atomic E-state index is 11.6. The predicted octanol–water partition coefficient (Wildman–Crippen LogP) is 3.44. The van der Waals surface area contributed by atoms with Crippen molar-refractivity contribution in [1.29, 1.82) is 0 Å². The van der Waals surface area contributed by atoms with Crippen LogP contribution in [0.5, 0.6) is 0 Å². The molecule has 4 aliphatic rings. The number of benzene rings is 1. The Morgan fingerprint density at radius 1 is 0.880 bits per heavy atom. The third-order valence-corrected chi connectivity index (χ3v) is 7.31. The van der Waals surface area contributed by atoms with E-state index in [-0.39, 0.29) is 17.7 Å². The minimum atomic E-state index is -0.156. The summed E-state index contributed by atoms with van der Waals surface area (Å²) in [7, 11) is 0. The first-order valence-corrected chi connectivity index (χ1v) is 9.86. The number of carbonyl (C=O) groups excluding carboxylic acids is 2. The molecule has 5 rings (SSSR count). The van der Waals surface area contributed by atoms with Gasteiger partial charge in [0.25, 0.3) is 0 Å². The minimum absolute atomic E-state index is 0.0250. The van der Waals surface area contributed by atoms with Crippen molar-refractivity contribution in [2.45, 2.75) is 56.9 Å². The molecule has 1 aliphatic heterocycles. The van der Waals surface area contributed by atoms with Crippen molar-refractivity contribution in [3.63, 3.8) is 0 Å². The molecule has 0 spiro atoms. The van der Waals surface area contributed by atoms with Gasteiger partial charge in [0.1, 0.15) is 0 Å². The van der Waals surface area contributed by atoms with Crippen LogP contribution in [0.15, 0.2) is 24.3 Å². The SMILES string of the molecule is O=C1CC(c2ccc(NC3CC4CC3C3CCCC43)cc2)CC(=O)N1. The van der Waals surface area contributed by atoms with Gasteiger partial charge in [0.2, 0.25) is 11.8 Å². The van der Waals surface area contributed by atoms with E-state index >= 15 is 0 Å². The maximum absolute atomic E-state index is 11.6. The standard InChI is InChI=1S/C21H26N2O2/c24-20-10-13(11-21(25)23-20)12-4-6-15(7-5-12)22-19-9-14-8-18(19)17-3-1-2-16(14)17/h4-7,13-14,16-19,22H,1-3,8-11H2,(H,23,24,25). The van der Waals surface area contributed by atoms with Crippen molar-refractivity contribution in [2.75, 3.05) is 5.32 Å². The van der Waals surface area contributed by atoms with Crippen LogP contribution in [-0.4, -0.2) is 17.9 Å². The van der Waals surface area contributed by atoms with Crippen LogP contribution in [0.25, 0.3) is 0 Å². The Morgan fingerprint density at radius 3 is 2.36 bits per heavy atom. The van der Waals surface area contributed by atoms with E-state index in [0.29, 0.717) is 18.9 Å². The first-order valence-electron chi connectivity index (χ1n) is 9.86. The van der Waals surface area contributed by atoms with Gasteiger partial charge in [0.15, 0.2) is 0 Å². The predicted molar refractivity (Wildman–Crippen MR) is 96.0 cm³/mol. The summed E-state index contributed by atoms with van der Waals surface area (Å²) in [5.74, 6) is 3.55. The van der Waals surface area contributed by atoms with Crippen LogP contribution in [0.1, 0.15) is 56.4 Å². The highest BCUT2D eigenvalue weighted by molar-refractivity contribution is 5.98. The molecule has 1 heterocycles. The Morgan fingerprint density at radius 2 is 1.60 bits per heavy atom. The number of fused-ring (bicyclic) bond motifs is 5. The first kappa shape index (κ1) is 15.4. The molecule has 2 bridgehead atoms. The summed E-state index contributed by atoms with van der Waals surface area (Å²) in [4.78, 5) is 23.1. The number of piperidine rings is 1. The molecule has 2 amide bonds. The summed E-state index contributed by atoms with van der Waals surface area (Å²) in [5, 5.41) is 6.17. The molecule has 4 nitrogen and oxygen atoms in total. The molecule has 4 fully saturated rings. The molecule has 1 aromatic carbocycles. The summed E-state index contributed by atoms with van der Waals surface area (Å²) in [6, 6.07) is 9.07. The minimum Gasteiger partial charge on any atom is -0.382 e. The molecular weight excluding hydrogens is 312 g/mol. The zero-order valence-corrected chi connectivity index (χ0v) is 14.5. The van der Waals surface area contributed by atoms with Gasteiger partial charge in [-0.15, -0.1) is 0 Å². The van der Waals surface area contributed by atoms with Crippen LogP contribution in [0.3, 0.4) is 0 Å². The van der Waals surface area contributed by atoms with Gasteiger partial charge in [0, 0.05) is 30.5 Å². The second-order valence-electron chi connectivity index (χ2n) is 8.60. The van der Waals surface area contributed by atoms with E-state index < -0.39 is 0 Å². The molecule has 1 saturated heterocycles. The zero-order chi connectivity index (χ0) is 17.0. The highest BCUT2D eigenvalue weighted by atomic mass is 16.2. The van der Waals surface area contributed by atoms with Crippen LogP contribution < -0.4 is 10.6 Å². The molecule has 5 atom stereocenters. The molecule has 25 heavy (non-hydrogen) atoms. The molecule has 2 N–H and O–H groups in total. The van der Waals surface area contributed by atoms with E-state index in [1.807, 2.05) is 0 Å². The van der Waals surface area contributed by atoms with Crippen LogP contribution in [-0.2, 0) is 9.59 Å². The van der Waals surface area contributed by atoms with Crippen LogP contribution in [0.4, 0.5) is 5.69 Å². The Hall–Kier alpha value is -1.84. The topological polar surface area (TPSA) is 58.2 Å². The molecule has 1 aromatic rings. The van der Waals surface area contributed by atoms with Gasteiger partial charge in [-0.25, -0.2) is 0 Å². The second-order valence-corrected chi connectivity index (χ2v) is 8.60. The fourth-order valence-corrected chi connectivity index (χ4v) is 6.31. The quantitative estimate of drug-likeness (QED) is 0.830. The number of hydrogen-bond acceptors (Lipinski definition) is 3. The number of amides is 2. The monoisotopic (exact) mass is 338 g/mol. The summed E-state index contributed by atoms with van der Waals surface area (Å²) in [6.45, 7) is 0. The zero-order valence-electron chi connectivity index (χ0n) is 14.5. The molecule has 132 valence electrons. The number of imide groups is 1. The Kier molecular flexibility index (Phi) is 3.61. The Balaban J connectivity index is 1.26. The van der Waals surface area contributed by atoms with Crippen molar-refractivity contribution in [2.24, 2.45) is 23.7 Å². The normalized spacial score (nSPS) is 37.2. The molecule has 0 aromatic heterocycles. The number of rotatable bonds is 3. The first-order chi connectivity index (χ1) is 12.2. The van der Waals surface area contributed by atoms with E-state index in [1.54, 1.807) is 0 Å². The molecule has 4 heteroatoms. The van der Waals surface area contributed by atoms with Crippen molar-refractivity contribution in [3.8, 4) is 0 Å². The van der Waals surface area contributed by atoms with Gasteiger partial charge in [-0.2, -0.15) is 0 Å². The molecule has 3 saturated carbocycles. The largest absolute Gasteiger partial charge is 0.382 e. The van der Waals surface area contributed by atoms with Crippen molar-refractivity contribution in [3.05, 3.63) is 29.8 Å². The van der Waals surface area contributed by atoms with Gasteiger partial charge in [0.05, 0.1) is 0 Å². The number of nitrogens with one attached hydrogen (secondary N) is 2. The number of anilines is 1. The van der Waals surface area contributed by atoms with Crippen molar-refractivity contribution < 1.29 is 9.59 Å². The van der Waals surface area contributed by atoms with Gasteiger partial charge >= 0.3 is 0 Å². The molecule has 0 radical (unpaired) electrons. The highest BCUT2D eigenvalue weighted by Gasteiger charge is 2.53. The van der Waals surface area contributed by atoms with Gasteiger partial charge in [-0.05, 0) is 67.1 Å². The van der Waals surface area contributed by atoms with E-state index in [0.717, 1.165) is 29.2 Å². The lowest BCUT2D eigenvalue weighted by molar-refractivity contribution is -0.133. The van der Waals surface area contributed by atoms with Crippen molar-refractivity contribution >= 4 is 17.5 Å². The molecule has 5 unspecified atom stereocenters. The van der Waals surface area contributed by atoms with E-state index in [2.05, 4.69) is 34.9 Å². The van der Waals surface area contributed by atoms with Gasteiger partial charge < -0.3 is 5.32 Å². The van der Waals surface area contributed by atoms with Crippen molar-refractivity contribution in [1.82, 2.24) is 5.32 Å². The molecular formula is C21H26N2O2. The third-order valence-electron chi connectivity index (χ3n) is 7.31. The Labute approximate surface area is 148 Å². The number of hydrogen-bond donors (Lipinski definition) is 2. The van der Waals surface area contributed by atoms with Gasteiger partial charge in [-0.1, -0.05) is 18.6 Å². The average molecular weight is 338 g/mol. The average Bonchev–Trinajstić information content (AvgIpc) is 3.27. The summed E-state index contributed by atoms with van der Waals surface area (Å²) >= 11 is 0. The van der Waals surface area contributed by atoms with E-state index in [9.17, 15) is 9.59 Å². The van der Waals surface area contributed by atoms with E-state index in [1.165, 1.54) is 37.8 Å². The lowest BCUT2D eigenvalue weighted by Crippen LogP contribution is -2.37.